The molecular formula is C21H25N3O3. The highest BCUT2D eigenvalue weighted by Crippen LogP contribution is 2.40. The number of carbonyl (C=O) groups excluding carboxylic acids is 1. The Kier molecular flexibility index (Phi) is 4.50. The minimum absolute atomic E-state index is 0.0357. The van der Waals surface area contributed by atoms with Gasteiger partial charge in [0.2, 0.25) is 0 Å². The van der Waals surface area contributed by atoms with E-state index in [4.69, 9.17) is 0 Å². The fourth-order valence-corrected chi connectivity index (χ4v) is 4.78. The largest absolute Gasteiger partial charge is 0.480 e. The van der Waals surface area contributed by atoms with Gasteiger partial charge in [0.25, 0.3) is 5.91 Å². The Labute approximate surface area is 158 Å². The first-order valence-corrected chi connectivity index (χ1v) is 9.65. The van der Waals surface area contributed by atoms with Crippen LogP contribution in [0.25, 0.3) is 5.69 Å². The second-order valence-electron chi connectivity index (χ2n) is 7.76. The Bertz CT molecular complexity index is 889. The van der Waals surface area contributed by atoms with Gasteiger partial charge in [-0.15, -0.1) is 0 Å². The Morgan fingerprint density at radius 1 is 1.15 bits per heavy atom. The molecule has 6 heteroatoms. The van der Waals surface area contributed by atoms with Crippen molar-refractivity contribution in [2.75, 3.05) is 0 Å². The average Bonchev–Trinajstić information content (AvgIpc) is 3.23. The highest BCUT2D eigenvalue weighted by atomic mass is 16.4. The number of amides is 1. The highest BCUT2D eigenvalue weighted by molar-refractivity contribution is 5.98. The number of hydrogen-bond donors (Lipinski definition) is 1. The van der Waals surface area contributed by atoms with Crippen LogP contribution >= 0.6 is 0 Å². The van der Waals surface area contributed by atoms with E-state index in [1.807, 2.05) is 38.1 Å². The number of carboxylic acids is 1. The second kappa shape index (κ2) is 6.83. The molecule has 142 valence electrons. The van der Waals surface area contributed by atoms with Crippen LogP contribution < -0.4 is 0 Å². The van der Waals surface area contributed by atoms with Crippen molar-refractivity contribution in [3.63, 3.8) is 0 Å². The molecule has 1 aromatic heterocycles. The molecule has 3 unspecified atom stereocenters. The number of para-hydroxylation sites is 1. The number of aromatic nitrogens is 2. The third-order valence-electron chi connectivity index (χ3n) is 6.19. The van der Waals surface area contributed by atoms with Crippen LogP contribution in [0, 0.1) is 19.8 Å². The smallest absolute Gasteiger partial charge is 0.326 e. The summed E-state index contributed by atoms with van der Waals surface area (Å²) in [6.07, 6.45) is 6.24. The van der Waals surface area contributed by atoms with Crippen molar-refractivity contribution in [2.24, 2.45) is 5.92 Å². The molecule has 6 nitrogen and oxygen atoms in total. The summed E-state index contributed by atoms with van der Waals surface area (Å²) in [6.45, 7) is 3.88. The molecule has 0 bridgehead atoms. The van der Waals surface area contributed by atoms with Crippen LogP contribution in [0.3, 0.4) is 0 Å². The molecule has 2 fully saturated rings. The van der Waals surface area contributed by atoms with E-state index in [0.29, 0.717) is 17.9 Å². The van der Waals surface area contributed by atoms with E-state index in [-0.39, 0.29) is 11.9 Å². The van der Waals surface area contributed by atoms with Crippen LogP contribution in [0.5, 0.6) is 0 Å². The maximum atomic E-state index is 13.4. The summed E-state index contributed by atoms with van der Waals surface area (Å²) in [5, 5.41) is 14.1. The fourth-order valence-electron chi connectivity index (χ4n) is 4.78. The molecule has 1 saturated heterocycles. The molecule has 1 aromatic carbocycles. The summed E-state index contributed by atoms with van der Waals surface area (Å²) in [4.78, 5) is 26.8. The van der Waals surface area contributed by atoms with Gasteiger partial charge < -0.3 is 10.0 Å². The van der Waals surface area contributed by atoms with Crippen molar-refractivity contribution in [1.82, 2.24) is 14.7 Å². The zero-order valence-corrected chi connectivity index (χ0v) is 15.8. The molecule has 2 heterocycles. The van der Waals surface area contributed by atoms with Crippen molar-refractivity contribution in [2.45, 2.75) is 58.0 Å². The van der Waals surface area contributed by atoms with Crippen LogP contribution in [0.15, 0.2) is 30.5 Å². The number of aryl methyl sites for hydroxylation is 1. The molecule has 1 aliphatic carbocycles. The predicted octanol–water partition coefficient (Wildman–Crippen LogP) is 3.35. The lowest BCUT2D eigenvalue weighted by Gasteiger charge is -2.33. The molecule has 0 spiro atoms. The topological polar surface area (TPSA) is 75.4 Å². The molecule has 1 amide bonds. The van der Waals surface area contributed by atoms with E-state index >= 15 is 0 Å². The van der Waals surface area contributed by atoms with Gasteiger partial charge in [-0.05, 0) is 50.7 Å². The van der Waals surface area contributed by atoms with Gasteiger partial charge >= 0.3 is 5.97 Å². The molecule has 3 atom stereocenters. The summed E-state index contributed by atoms with van der Waals surface area (Å²) < 4.78 is 1.77. The first-order chi connectivity index (χ1) is 13.0. The van der Waals surface area contributed by atoms with E-state index in [2.05, 4.69) is 5.10 Å². The highest BCUT2D eigenvalue weighted by Gasteiger charge is 2.48. The van der Waals surface area contributed by atoms with E-state index in [1.165, 1.54) is 0 Å². The van der Waals surface area contributed by atoms with Crippen LogP contribution in [-0.4, -0.2) is 43.7 Å². The van der Waals surface area contributed by atoms with Gasteiger partial charge in [-0.25, -0.2) is 9.48 Å². The number of likely N-dealkylation sites (tertiary alicyclic amines) is 1. The number of rotatable bonds is 3. The number of nitrogens with zero attached hydrogens (tertiary/aromatic N) is 3. The van der Waals surface area contributed by atoms with Gasteiger partial charge in [-0.2, -0.15) is 5.10 Å². The van der Waals surface area contributed by atoms with Crippen molar-refractivity contribution in [3.05, 3.63) is 47.3 Å². The summed E-state index contributed by atoms with van der Waals surface area (Å²) in [6, 6.07) is 7.19. The first-order valence-electron chi connectivity index (χ1n) is 9.65. The fraction of sp³-hybridized carbons (Fsp3) is 0.476. The van der Waals surface area contributed by atoms with Gasteiger partial charge in [0.15, 0.2) is 0 Å². The third kappa shape index (κ3) is 2.93. The monoisotopic (exact) mass is 367 g/mol. The second-order valence-corrected chi connectivity index (χ2v) is 7.76. The predicted molar refractivity (Wildman–Crippen MR) is 101 cm³/mol. The van der Waals surface area contributed by atoms with Gasteiger partial charge in [0, 0.05) is 6.04 Å². The third-order valence-corrected chi connectivity index (χ3v) is 6.19. The normalized spacial score (nSPS) is 24.7. The Balaban J connectivity index is 1.70. The molecule has 1 N–H and O–H groups in total. The van der Waals surface area contributed by atoms with Gasteiger partial charge in [-0.3, -0.25) is 4.79 Å². The molecule has 1 aliphatic heterocycles. The molecule has 1 saturated carbocycles. The summed E-state index contributed by atoms with van der Waals surface area (Å²) in [5.74, 6) is -0.800. The molecule has 27 heavy (non-hydrogen) atoms. The Morgan fingerprint density at radius 2 is 1.89 bits per heavy atom. The first kappa shape index (κ1) is 17.8. The number of fused-ring (bicyclic) bond motifs is 1. The lowest BCUT2D eigenvalue weighted by Crippen LogP contribution is -2.46. The average molecular weight is 367 g/mol. The van der Waals surface area contributed by atoms with Gasteiger partial charge in [0.05, 0.1) is 23.1 Å². The molecule has 0 radical (unpaired) electrons. The molecule has 2 aromatic rings. The number of carbonyl (C=O) groups is 2. The summed E-state index contributed by atoms with van der Waals surface area (Å²) in [5.41, 5.74) is 3.24. The van der Waals surface area contributed by atoms with Gasteiger partial charge in [0.1, 0.15) is 6.04 Å². The number of carboxylic acid groups (broad SMARTS) is 1. The summed E-state index contributed by atoms with van der Waals surface area (Å²) in [7, 11) is 0. The minimum atomic E-state index is -0.901. The quantitative estimate of drug-likeness (QED) is 0.903. The lowest BCUT2D eigenvalue weighted by molar-refractivity contribution is -0.141. The van der Waals surface area contributed by atoms with Crippen molar-refractivity contribution in [3.8, 4) is 5.69 Å². The maximum absolute atomic E-state index is 13.4. The van der Waals surface area contributed by atoms with E-state index < -0.39 is 12.0 Å². The number of hydrogen-bond acceptors (Lipinski definition) is 3. The van der Waals surface area contributed by atoms with Crippen LogP contribution in [-0.2, 0) is 4.79 Å². The zero-order valence-electron chi connectivity index (χ0n) is 15.8. The van der Waals surface area contributed by atoms with Crippen LogP contribution in [0.1, 0.15) is 53.7 Å². The SMILES string of the molecule is Cc1ccccc1-n1ncc(C(=O)N2C(C(=O)O)CC3CCCCC32)c1C. The van der Waals surface area contributed by atoms with E-state index in [9.17, 15) is 14.7 Å². The lowest BCUT2D eigenvalue weighted by atomic mass is 9.84. The zero-order chi connectivity index (χ0) is 19.1. The Morgan fingerprint density at radius 3 is 2.63 bits per heavy atom. The molecular weight excluding hydrogens is 342 g/mol. The van der Waals surface area contributed by atoms with E-state index in [0.717, 1.165) is 42.6 Å². The van der Waals surface area contributed by atoms with Crippen LogP contribution in [0.2, 0.25) is 0 Å². The number of aliphatic carboxylic acids is 1. The van der Waals surface area contributed by atoms with Crippen molar-refractivity contribution in [1.29, 1.82) is 0 Å². The summed E-state index contributed by atoms with van der Waals surface area (Å²) >= 11 is 0. The molecule has 2 aliphatic rings. The minimum Gasteiger partial charge on any atom is -0.480 e. The molecule has 4 rings (SSSR count). The van der Waals surface area contributed by atoms with Crippen molar-refractivity contribution >= 4 is 11.9 Å². The van der Waals surface area contributed by atoms with Crippen molar-refractivity contribution < 1.29 is 14.7 Å². The Hall–Kier alpha value is -2.63. The number of benzene rings is 1. The standard InChI is InChI=1S/C21H25N3O3/c1-13-7-3-5-9-17(13)24-14(2)16(12-22-24)20(25)23-18-10-6-4-8-15(18)11-19(23)21(26)27/h3,5,7,9,12,15,18-19H,4,6,8,10-11H2,1-2H3,(H,26,27). The van der Waals surface area contributed by atoms with E-state index in [1.54, 1.807) is 15.8 Å². The van der Waals surface area contributed by atoms with Gasteiger partial charge in [-0.1, -0.05) is 31.0 Å². The van der Waals surface area contributed by atoms with Crippen LogP contribution in [0.4, 0.5) is 0 Å². The maximum Gasteiger partial charge on any atom is 0.326 e.